The molecule has 0 unspecified atom stereocenters. The molecule has 79 heavy (non-hydrogen) atoms. The number of hydrogen-bond donors (Lipinski definition) is 0. The van der Waals surface area contributed by atoms with Crippen LogP contribution < -0.4 is 9.79 Å². The van der Waals surface area contributed by atoms with Crippen LogP contribution in [0.4, 0.5) is 0 Å². The van der Waals surface area contributed by atoms with E-state index < -0.39 is 14.7 Å². The summed E-state index contributed by atoms with van der Waals surface area (Å²) in [5.74, 6) is 0. The topological polar surface area (TPSA) is 80.3 Å². The fourth-order valence-corrected chi connectivity index (χ4v) is 13.9. The molecular weight excluding hydrogens is 1050 g/mol. The summed E-state index contributed by atoms with van der Waals surface area (Å²) in [5.41, 5.74) is 0. The van der Waals surface area contributed by atoms with E-state index in [1.165, 1.54) is 308 Å². The smallest absolute Gasteiger partial charge is 0.799 e. The molecule has 0 atom stereocenters. The zero-order valence-electron chi connectivity index (χ0n) is 53.9. The SMILES string of the molecule is CCCCCCCC/C=C\CCCCCCCCP(=O)([O-])CCCCCCCC/C=C\CCCCCCCC.CCCCCCCC/C=C\CCCCCCCCP(=O)([O-])CCCCCCCC/C=C\CCCCCCCC.[Ni+2]. The normalized spacial score (nSPS) is 12.2. The maximum Gasteiger partial charge on any atom is 2.00 e. The van der Waals surface area contributed by atoms with Gasteiger partial charge < -0.3 is 18.9 Å². The van der Waals surface area contributed by atoms with Crippen LogP contribution in [-0.2, 0) is 25.6 Å². The Morgan fingerprint density at radius 1 is 0.203 bits per heavy atom. The summed E-state index contributed by atoms with van der Waals surface area (Å²) in [6, 6.07) is 0. The third-order valence-corrected chi connectivity index (χ3v) is 20.0. The molecule has 0 rings (SSSR count). The van der Waals surface area contributed by atoms with Gasteiger partial charge >= 0.3 is 16.5 Å². The third kappa shape index (κ3) is 77.8. The maximum atomic E-state index is 12.3. The number of unbranched alkanes of at least 4 members (excludes halogenated alkanes) is 48. The molecule has 0 aliphatic heterocycles. The van der Waals surface area contributed by atoms with Crippen molar-refractivity contribution in [3.8, 4) is 0 Å². The molecule has 0 aromatic rings. The predicted octanol–water partition coefficient (Wildman–Crippen LogP) is 25.4. The van der Waals surface area contributed by atoms with E-state index in [2.05, 4.69) is 76.3 Å². The molecule has 0 aromatic carbocycles. The average Bonchev–Trinajstić information content (AvgIpc) is 3.42. The van der Waals surface area contributed by atoms with Gasteiger partial charge in [-0.15, -0.1) is 0 Å². The van der Waals surface area contributed by atoms with Crippen LogP contribution in [0, 0.1) is 0 Å². The minimum atomic E-state index is -3.14. The molecule has 0 aromatic heterocycles. The second kappa shape index (κ2) is 72.1. The van der Waals surface area contributed by atoms with Crippen LogP contribution in [0.5, 0.6) is 0 Å². The van der Waals surface area contributed by atoms with Crippen molar-refractivity contribution in [2.45, 2.75) is 387 Å². The summed E-state index contributed by atoms with van der Waals surface area (Å²) < 4.78 is 24.7. The largest absolute Gasteiger partial charge is 2.00 e. The summed E-state index contributed by atoms with van der Waals surface area (Å²) in [6.45, 7) is 9.09. The van der Waals surface area contributed by atoms with Crippen LogP contribution in [0.2, 0.25) is 0 Å². The Labute approximate surface area is 507 Å². The Bertz CT molecular complexity index is 1150. The van der Waals surface area contributed by atoms with Gasteiger partial charge in [0, 0.05) is 14.7 Å². The van der Waals surface area contributed by atoms with Crippen LogP contribution in [-0.4, -0.2) is 24.6 Å². The van der Waals surface area contributed by atoms with Gasteiger partial charge in [0.15, 0.2) is 0 Å². The first kappa shape index (κ1) is 83.0. The Balaban J connectivity index is -0.00000144. The molecule has 0 saturated carbocycles. The zero-order chi connectivity index (χ0) is 57.1. The van der Waals surface area contributed by atoms with E-state index in [1.54, 1.807) is 0 Å². The van der Waals surface area contributed by atoms with Gasteiger partial charge in [-0.2, -0.15) is 0 Å². The van der Waals surface area contributed by atoms with Crippen LogP contribution in [0.1, 0.15) is 387 Å². The van der Waals surface area contributed by atoms with Crippen molar-refractivity contribution < 1.29 is 35.4 Å². The fraction of sp³-hybridized carbons (Fsp3) is 0.889. The fourth-order valence-electron chi connectivity index (χ4n) is 10.6. The van der Waals surface area contributed by atoms with Gasteiger partial charge in [-0.05, 0) is 153 Å². The molecule has 472 valence electrons. The van der Waals surface area contributed by atoms with E-state index in [4.69, 9.17) is 0 Å². The van der Waals surface area contributed by atoms with Crippen molar-refractivity contribution in [2.24, 2.45) is 0 Å². The molecule has 0 aliphatic carbocycles. The van der Waals surface area contributed by atoms with Gasteiger partial charge in [0.2, 0.25) is 0 Å². The van der Waals surface area contributed by atoms with Gasteiger partial charge in [0.25, 0.3) is 0 Å². The van der Waals surface area contributed by atoms with Crippen LogP contribution in [0.15, 0.2) is 48.6 Å². The van der Waals surface area contributed by atoms with Crippen LogP contribution >= 0.6 is 14.7 Å². The van der Waals surface area contributed by atoms with Crippen LogP contribution in [0.3, 0.4) is 0 Å². The zero-order valence-corrected chi connectivity index (χ0v) is 56.7. The van der Waals surface area contributed by atoms with Gasteiger partial charge in [-0.25, -0.2) is 0 Å². The second-order valence-electron chi connectivity index (χ2n) is 24.3. The number of allylic oxidation sites excluding steroid dienone is 8. The van der Waals surface area contributed by atoms with Crippen molar-refractivity contribution in [1.82, 2.24) is 0 Å². The molecule has 0 N–H and O–H groups in total. The van der Waals surface area contributed by atoms with Crippen LogP contribution in [0.25, 0.3) is 0 Å². The summed E-state index contributed by atoms with van der Waals surface area (Å²) in [5, 5.41) is 0. The first-order valence-electron chi connectivity index (χ1n) is 35.4. The molecule has 0 radical (unpaired) electrons. The van der Waals surface area contributed by atoms with E-state index in [0.29, 0.717) is 24.6 Å². The Morgan fingerprint density at radius 3 is 0.456 bits per heavy atom. The molecule has 0 spiro atoms. The summed E-state index contributed by atoms with van der Waals surface area (Å²) >= 11 is 0. The molecule has 0 heterocycles. The summed E-state index contributed by atoms with van der Waals surface area (Å²) in [4.78, 5) is 24.7. The predicted molar refractivity (Wildman–Crippen MR) is 352 cm³/mol. The minimum Gasteiger partial charge on any atom is -0.799 e. The number of rotatable bonds is 64. The van der Waals surface area contributed by atoms with E-state index in [-0.39, 0.29) is 16.5 Å². The second-order valence-corrected chi connectivity index (χ2v) is 29.3. The van der Waals surface area contributed by atoms with E-state index in [1.807, 2.05) is 0 Å². The average molecular weight is 1190 g/mol. The van der Waals surface area contributed by atoms with Gasteiger partial charge in [0.1, 0.15) is 0 Å². The Hall–Kier alpha value is -0.166. The first-order valence-corrected chi connectivity index (χ1v) is 39.4. The summed E-state index contributed by atoms with van der Waals surface area (Å²) in [7, 11) is -6.27. The monoisotopic (exact) mass is 1190 g/mol. The van der Waals surface area contributed by atoms with Gasteiger partial charge in [-0.3, -0.25) is 0 Å². The van der Waals surface area contributed by atoms with Crippen molar-refractivity contribution in [3.05, 3.63) is 48.6 Å². The Kier molecular flexibility index (Phi) is 75.8. The van der Waals surface area contributed by atoms with Crippen molar-refractivity contribution in [3.63, 3.8) is 0 Å². The minimum absolute atomic E-state index is 0. The first-order chi connectivity index (χ1) is 38.2. The third-order valence-electron chi connectivity index (χ3n) is 16.0. The molecule has 0 amide bonds. The molecule has 0 saturated heterocycles. The van der Waals surface area contributed by atoms with Crippen molar-refractivity contribution >= 4 is 14.7 Å². The quantitative estimate of drug-likeness (QED) is 0.0263. The van der Waals surface area contributed by atoms with E-state index in [0.717, 1.165) is 51.4 Å². The van der Waals surface area contributed by atoms with E-state index >= 15 is 0 Å². The maximum absolute atomic E-state index is 12.3. The standard InChI is InChI=1S/2C36H71O2P.Ni/c2*1-3-5-7-9-11-13-15-17-19-21-23-25-27-29-31-33-35-39(37,38)36-34-32-30-28-26-24-22-20-18-16-14-12-10-8-6-4-2;/h2*17-20H,3-16,21-36H2,1-2H3,(H,37,38);/q;;+2/p-2/b2*19-17-,20-18-;. The molecule has 0 fully saturated rings. The number of hydrogen-bond acceptors (Lipinski definition) is 4. The van der Waals surface area contributed by atoms with Gasteiger partial charge in [0.05, 0.1) is 0 Å². The molecule has 4 nitrogen and oxygen atoms in total. The molecular formula is C72H140NiO4P2. The van der Waals surface area contributed by atoms with Crippen molar-refractivity contribution in [2.75, 3.05) is 24.6 Å². The van der Waals surface area contributed by atoms with E-state index in [9.17, 15) is 18.9 Å². The molecule has 7 heteroatoms. The molecule has 0 aliphatic rings. The van der Waals surface area contributed by atoms with Gasteiger partial charge in [-0.1, -0.05) is 307 Å². The van der Waals surface area contributed by atoms with Crippen molar-refractivity contribution in [1.29, 1.82) is 0 Å². The molecule has 0 bridgehead atoms. The Morgan fingerprint density at radius 2 is 0.316 bits per heavy atom. The summed E-state index contributed by atoms with van der Waals surface area (Å²) in [6.07, 6.45) is 91.4.